The van der Waals surface area contributed by atoms with E-state index in [1.165, 1.54) is 22.2 Å². The van der Waals surface area contributed by atoms with Crippen molar-refractivity contribution in [2.45, 2.75) is 45.2 Å². The lowest BCUT2D eigenvalue weighted by atomic mass is 10.2. The molecule has 4 rings (SSSR count). The number of nitrogens with one attached hydrogen (secondary N) is 1. The number of rotatable bonds is 6. The molecule has 3 aromatic rings. The van der Waals surface area contributed by atoms with Crippen LogP contribution in [0.4, 0.5) is 5.69 Å². The predicted molar refractivity (Wildman–Crippen MR) is 122 cm³/mol. The average molecular weight is 441 g/mol. The lowest BCUT2D eigenvalue weighted by molar-refractivity contribution is -0.119. The van der Waals surface area contributed by atoms with E-state index in [0.29, 0.717) is 18.7 Å². The first kappa shape index (κ1) is 20.8. The second kappa shape index (κ2) is 8.73. The molecule has 156 valence electrons. The van der Waals surface area contributed by atoms with Gasteiger partial charge in [0.25, 0.3) is 0 Å². The highest BCUT2D eigenvalue weighted by atomic mass is 32.2. The van der Waals surface area contributed by atoms with E-state index in [2.05, 4.69) is 29.1 Å². The Bertz CT molecular complexity index is 1110. The van der Waals surface area contributed by atoms with Gasteiger partial charge in [-0.05, 0) is 50.5 Å². The van der Waals surface area contributed by atoms with Crippen LogP contribution >= 0.6 is 23.1 Å². The van der Waals surface area contributed by atoms with Crippen molar-refractivity contribution in [3.8, 4) is 0 Å². The molecule has 0 bridgehead atoms. The summed E-state index contributed by atoms with van der Waals surface area (Å²) < 4.78 is 0. The minimum atomic E-state index is -0.0344. The summed E-state index contributed by atoms with van der Waals surface area (Å²) in [4.78, 5) is 37.4. The molecule has 30 heavy (non-hydrogen) atoms. The number of carbonyl (C=O) groups excluding carboxylic acids is 2. The summed E-state index contributed by atoms with van der Waals surface area (Å²) in [7, 11) is 0. The summed E-state index contributed by atoms with van der Waals surface area (Å²) in [6, 6.07) is 7.81. The maximum atomic E-state index is 12.4. The zero-order valence-corrected chi connectivity index (χ0v) is 19.0. The summed E-state index contributed by atoms with van der Waals surface area (Å²) in [6.45, 7) is 7.29. The normalized spacial score (nSPS) is 14.0. The molecule has 0 atom stereocenters. The van der Waals surface area contributed by atoms with Gasteiger partial charge in [0.2, 0.25) is 11.8 Å². The Morgan fingerprint density at radius 1 is 1.20 bits per heavy atom. The zero-order chi connectivity index (χ0) is 21.3. The van der Waals surface area contributed by atoms with Crippen LogP contribution in [-0.2, 0) is 16.1 Å². The SMILES string of the molecule is Cc1nc(SCC(=O)NCc2ccc(N3CCCC3=O)cc2)c2c(C)c(C)sc2n1. The number of thioether (sulfide) groups is 1. The zero-order valence-electron chi connectivity index (χ0n) is 17.3. The van der Waals surface area contributed by atoms with Gasteiger partial charge < -0.3 is 10.2 Å². The highest BCUT2D eigenvalue weighted by molar-refractivity contribution is 8.00. The molecule has 0 radical (unpaired) electrons. The Kier molecular flexibility index (Phi) is 6.06. The highest BCUT2D eigenvalue weighted by Crippen LogP contribution is 2.35. The van der Waals surface area contributed by atoms with Gasteiger partial charge in [-0.2, -0.15) is 0 Å². The molecule has 0 aliphatic carbocycles. The van der Waals surface area contributed by atoms with Crippen molar-refractivity contribution in [3.63, 3.8) is 0 Å². The molecule has 1 N–H and O–H groups in total. The van der Waals surface area contributed by atoms with Gasteiger partial charge in [-0.25, -0.2) is 9.97 Å². The van der Waals surface area contributed by atoms with E-state index in [-0.39, 0.29) is 11.8 Å². The van der Waals surface area contributed by atoms with Gasteiger partial charge in [0.15, 0.2) is 0 Å². The second-order valence-electron chi connectivity index (χ2n) is 7.42. The lowest BCUT2D eigenvalue weighted by Crippen LogP contribution is -2.25. The number of amides is 2. The van der Waals surface area contributed by atoms with Crippen LogP contribution in [0, 0.1) is 20.8 Å². The Balaban J connectivity index is 1.35. The van der Waals surface area contributed by atoms with E-state index in [4.69, 9.17) is 0 Å². The number of aromatic nitrogens is 2. The summed E-state index contributed by atoms with van der Waals surface area (Å²) >= 11 is 3.12. The number of nitrogens with zero attached hydrogens (tertiary/aromatic N) is 3. The summed E-state index contributed by atoms with van der Waals surface area (Å²) in [5.74, 6) is 1.18. The molecule has 1 fully saturated rings. The lowest BCUT2D eigenvalue weighted by Gasteiger charge is -2.16. The molecule has 3 heterocycles. The van der Waals surface area contributed by atoms with Gasteiger partial charge in [-0.1, -0.05) is 23.9 Å². The largest absolute Gasteiger partial charge is 0.351 e. The van der Waals surface area contributed by atoms with Crippen LogP contribution in [0.5, 0.6) is 0 Å². The quantitative estimate of drug-likeness (QED) is 0.460. The monoisotopic (exact) mass is 440 g/mol. The van der Waals surface area contributed by atoms with E-state index >= 15 is 0 Å². The average Bonchev–Trinajstić information content (AvgIpc) is 3.27. The summed E-state index contributed by atoms with van der Waals surface area (Å²) in [5.41, 5.74) is 3.12. The van der Waals surface area contributed by atoms with Gasteiger partial charge in [-0.15, -0.1) is 11.3 Å². The van der Waals surface area contributed by atoms with Gasteiger partial charge in [0.1, 0.15) is 15.7 Å². The van der Waals surface area contributed by atoms with Crippen molar-refractivity contribution < 1.29 is 9.59 Å². The van der Waals surface area contributed by atoms with Crippen LogP contribution in [0.25, 0.3) is 10.2 Å². The fourth-order valence-corrected chi connectivity index (χ4v) is 5.62. The first-order valence-corrected chi connectivity index (χ1v) is 11.8. The Morgan fingerprint density at radius 3 is 2.67 bits per heavy atom. The first-order valence-electron chi connectivity index (χ1n) is 9.95. The third-order valence-electron chi connectivity index (χ3n) is 5.26. The molecular weight excluding hydrogens is 416 g/mol. The van der Waals surface area contributed by atoms with Crippen molar-refractivity contribution in [2.75, 3.05) is 17.2 Å². The van der Waals surface area contributed by atoms with E-state index in [1.807, 2.05) is 36.1 Å². The number of benzene rings is 1. The fourth-order valence-electron chi connectivity index (χ4n) is 3.52. The Morgan fingerprint density at radius 2 is 1.97 bits per heavy atom. The number of carbonyl (C=O) groups is 2. The van der Waals surface area contributed by atoms with Crippen LogP contribution in [0.3, 0.4) is 0 Å². The van der Waals surface area contributed by atoms with Crippen LogP contribution in [-0.4, -0.2) is 34.1 Å². The highest BCUT2D eigenvalue weighted by Gasteiger charge is 2.21. The van der Waals surface area contributed by atoms with E-state index in [0.717, 1.165) is 45.3 Å². The van der Waals surface area contributed by atoms with Crippen molar-refractivity contribution in [2.24, 2.45) is 0 Å². The molecule has 0 saturated carbocycles. The molecule has 2 amide bonds. The number of anilines is 1. The Hall–Kier alpha value is -2.45. The van der Waals surface area contributed by atoms with Crippen LogP contribution < -0.4 is 10.2 Å². The molecule has 1 aliphatic rings. The van der Waals surface area contributed by atoms with Crippen molar-refractivity contribution in [1.29, 1.82) is 0 Å². The number of thiophene rings is 1. The smallest absolute Gasteiger partial charge is 0.230 e. The second-order valence-corrected chi connectivity index (χ2v) is 9.59. The van der Waals surface area contributed by atoms with Gasteiger partial charge >= 0.3 is 0 Å². The van der Waals surface area contributed by atoms with Crippen molar-refractivity contribution in [1.82, 2.24) is 15.3 Å². The molecule has 0 unspecified atom stereocenters. The fraction of sp³-hybridized carbons (Fsp3) is 0.364. The molecule has 1 aromatic carbocycles. The van der Waals surface area contributed by atoms with Crippen LogP contribution in [0.2, 0.25) is 0 Å². The molecule has 0 spiro atoms. The Labute approximate surface area is 184 Å². The van der Waals surface area contributed by atoms with Gasteiger partial charge in [0, 0.05) is 35.5 Å². The molecule has 2 aromatic heterocycles. The van der Waals surface area contributed by atoms with Gasteiger partial charge in [0.05, 0.1) is 5.75 Å². The van der Waals surface area contributed by atoms with E-state index in [1.54, 1.807) is 11.3 Å². The molecular formula is C22H24N4O2S2. The third-order valence-corrected chi connectivity index (χ3v) is 7.33. The first-order chi connectivity index (χ1) is 14.4. The van der Waals surface area contributed by atoms with Crippen molar-refractivity contribution in [3.05, 3.63) is 46.1 Å². The van der Waals surface area contributed by atoms with E-state index in [9.17, 15) is 9.59 Å². The summed E-state index contributed by atoms with van der Waals surface area (Å²) in [5, 5.41) is 4.90. The number of aryl methyl sites for hydroxylation is 3. The maximum Gasteiger partial charge on any atom is 0.230 e. The number of hydrogen-bond acceptors (Lipinski definition) is 6. The third kappa shape index (κ3) is 4.34. The molecule has 6 nitrogen and oxygen atoms in total. The molecule has 8 heteroatoms. The molecule has 1 aliphatic heterocycles. The van der Waals surface area contributed by atoms with Gasteiger partial charge in [-0.3, -0.25) is 9.59 Å². The number of hydrogen-bond donors (Lipinski definition) is 1. The minimum Gasteiger partial charge on any atom is -0.351 e. The van der Waals surface area contributed by atoms with Crippen molar-refractivity contribution >= 4 is 50.8 Å². The standard InChI is InChI=1S/C22H24N4O2S2/c1-13-14(2)30-22-20(13)21(24-15(3)25-22)29-12-18(27)23-11-16-6-8-17(9-7-16)26-10-4-5-19(26)28/h6-9H,4-5,10-12H2,1-3H3,(H,23,27). The molecule has 1 saturated heterocycles. The summed E-state index contributed by atoms with van der Waals surface area (Å²) in [6.07, 6.45) is 1.54. The maximum absolute atomic E-state index is 12.4. The number of fused-ring (bicyclic) bond motifs is 1. The minimum absolute atomic E-state index is 0.0344. The predicted octanol–water partition coefficient (Wildman–Crippen LogP) is 4.15. The van der Waals surface area contributed by atoms with Crippen LogP contribution in [0.1, 0.15) is 34.7 Å². The van der Waals surface area contributed by atoms with E-state index < -0.39 is 0 Å². The topological polar surface area (TPSA) is 75.2 Å². The van der Waals surface area contributed by atoms with Crippen LogP contribution in [0.15, 0.2) is 29.3 Å².